The van der Waals surface area contributed by atoms with E-state index in [2.05, 4.69) is 26.5 Å². The molecule has 0 aliphatic rings. The van der Waals surface area contributed by atoms with Crippen molar-refractivity contribution >= 4 is 16.7 Å². The molecule has 0 aliphatic carbocycles. The predicted octanol–water partition coefficient (Wildman–Crippen LogP) is 4.25. The van der Waals surface area contributed by atoms with Gasteiger partial charge in [-0.1, -0.05) is 6.07 Å². The quantitative estimate of drug-likeness (QED) is 0.441. The molecule has 0 fully saturated rings. The maximum atomic E-state index is 13.0. The van der Waals surface area contributed by atoms with Crippen molar-refractivity contribution in [1.29, 1.82) is 5.26 Å². The average Bonchev–Trinajstić information content (AvgIpc) is 3.15. The first-order valence-corrected chi connectivity index (χ1v) is 10.5. The summed E-state index contributed by atoms with van der Waals surface area (Å²) >= 11 is 0. The highest BCUT2D eigenvalue weighted by Gasteiger charge is 2.31. The molecule has 0 saturated heterocycles. The number of nitrogens with one attached hydrogen (secondary N) is 1. The van der Waals surface area contributed by atoms with E-state index in [1.54, 1.807) is 29.1 Å². The number of alkyl halides is 3. The third kappa shape index (κ3) is 5.00. The minimum atomic E-state index is -4.46. The summed E-state index contributed by atoms with van der Waals surface area (Å²) in [5.74, 6) is 0.478. The summed E-state index contributed by atoms with van der Waals surface area (Å²) in [7, 11) is 0. The Bertz CT molecular complexity index is 1380. The molecule has 0 radical (unpaired) electrons. The molecular formula is C24H22F3N7. The molecule has 4 aromatic rings. The van der Waals surface area contributed by atoms with Crippen LogP contribution in [0.4, 0.5) is 19.0 Å². The van der Waals surface area contributed by atoms with Crippen molar-refractivity contribution in [3.8, 4) is 6.07 Å². The predicted molar refractivity (Wildman–Crippen MR) is 121 cm³/mol. The second-order valence-electron chi connectivity index (χ2n) is 8.09. The van der Waals surface area contributed by atoms with Gasteiger partial charge >= 0.3 is 6.18 Å². The van der Waals surface area contributed by atoms with Crippen LogP contribution >= 0.6 is 0 Å². The zero-order valence-electron chi connectivity index (χ0n) is 18.6. The van der Waals surface area contributed by atoms with Gasteiger partial charge in [0, 0.05) is 42.1 Å². The third-order valence-electron chi connectivity index (χ3n) is 5.55. The molecule has 7 nitrogen and oxygen atoms in total. The SMILES string of the molecule is Cc1cc(N)nc(C)c1CNCc1cn(Cc2ccc3ncc(C(F)(F)F)cc3c2)nc1C#N. The number of benzene rings is 1. The van der Waals surface area contributed by atoms with Crippen LogP contribution in [0.1, 0.15) is 39.2 Å². The highest BCUT2D eigenvalue weighted by Crippen LogP contribution is 2.30. The van der Waals surface area contributed by atoms with E-state index in [1.165, 1.54) is 0 Å². The molecule has 10 heteroatoms. The molecule has 0 bridgehead atoms. The van der Waals surface area contributed by atoms with Gasteiger partial charge in [0.25, 0.3) is 0 Å². The van der Waals surface area contributed by atoms with E-state index in [9.17, 15) is 18.4 Å². The fourth-order valence-electron chi connectivity index (χ4n) is 3.87. The third-order valence-corrected chi connectivity index (χ3v) is 5.55. The molecule has 34 heavy (non-hydrogen) atoms. The number of rotatable bonds is 6. The van der Waals surface area contributed by atoms with E-state index in [0.29, 0.717) is 36.4 Å². The Morgan fingerprint density at radius 1 is 1.15 bits per heavy atom. The van der Waals surface area contributed by atoms with Gasteiger partial charge in [0.15, 0.2) is 5.69 Å². The highest BCUT2D eigenvalue weighted by atomic mass is 19.4. The zero-order chi connectivity index (χ0) is 24.5. The smallest absolute Gasteiger partial charge is 0.384 e. The number of nitriles is 1. The lowest BCUT2D eigenvalue weighted by atomic mass is 10.1. The highest BCUT2D eigenvalue weighted by molar-refractivity contribution is 5.79. The Labute approximate surface area is 194 Å². The van der Waals surface area contributed by atoms with E-state index in [1.807, 2.05) is 19.9 Å². The number of aryl methyl sites for hydroxylation is 2. The first-order chi connectivity index (χ1) is 16.1. The second kappa shape index (κ2) is 9.11. The normalized spacial score (nSPS) is 11.6. The number of nitrogens with two attached hydrogens (primary N) is 1. The summed E-state index contributed by atoms with van der Waals surface area (Å²) in [6, 6.07) is 10.1. The van der Waals surface area contributed by atoms with Gasteiger partial charge in [-0.25, -0.2) is 4.98 Å². The van der Waals surface area contributed by atoms with Crippen LogP contribution in [0.3, 0.4) is 0 Å². The summed E-state index contributed by atoms with van der Waals surface area (Å²) in [5, 5.41) is 17.5. The molecule has 4 rings (SSSR count). The minimum Gasteiger partial charge on any atom is -0.384 e. The van der Waals surface area contributed by atoms with Gasteiger partial charge in [0.1, 0.15) is 11.9 Å². The van der Waals surface area contributed by atoms with Gasteiger partial charge in [-0.3, -0.25) is 9.67 Å². The summed E-state index contributed by atoms with van der Waals surface area (Å²) in [6.07, 6.45) is -1.86. The van der Waals surface area contributed by atoms with Gasteiger partial charge < -0.3 is 11.1 Å². The fourth-order valence-corrected chi connectivity index (χ4v) is 3.87. The maximum absolute atomic E-state index is 13.0. The Hall–Kier alpha value is -3.97. The second-order valence-corrected chi connectivity index (χ2v) is 8.09. The van der Waals surface area contributed by atoms with Crippen LogP contribution in [0, 0.1) is 25.2 Å². The molecule has 1 aromatic carbocycles. The molecule has 0 unspecified atom stereocenters. The van der Waals surface area contributed by atoms with Crippen molar-refractivity contribution in [2.75, 3.05) is 5.73 Å². The van der Waals surface area contributed by atoms with Crippen molar-refractivity contribution < 1.29 is 13.2 Å². The maximum Gasteiger partial charge on any atom is 0.417 e. The molecule has 0 saturated carbocycles. The first-order valence-electron chi connectivity index (χ1n) is 10.5. The molecule has 174 valence electrons. The molecule has 3 N–H and O–H groups in total. The number of aromatic nitrogens is 4. The molecule has 3 heterocycles. The topological polar surface area (TPSA) is 105 Å². The summed E-state index contributed by atoms with van der Waals surface area (Å²) < 4.78 is 40.7. The zero-order valence-corrected chi connectivity index (χ0v) is 18.6. The Balaban J connectivity index is 1.49. The molecular weight excluding hydrogens is 443 g/mol. The van der Waals surface area contributed by atoms with Crippen LogP contribution < -0.4 is 11.1 Å². The molecule has 0 aliphatic heterocycles. The lowest BCUT2D eigenvalue weighted by molar-refractivity contribution is -0.137. The lowest BCUT2D eigenvalue weighted by Crippen LogP contribution is -2.15. The van der Waals surface area contributed by atoms with Crippen LogP contribution in [0.5, 0.6) is 0 Å². The molecule has 0 spiro atoms. The van der Waals surface area contributed by atoms with Crippen LogP contribution in [0.2, 0.25) is 0 Å². The van der Waals surface area contributed by atoms with Gasteiger partial charge in [0.2, 0.25) is 0 Å². The molecule has 3 aromatic heterocycles. The van der Waals surface area contributed by atoms with Crippen LogP contribution in [0.15, 0.2) is 42.7 Å². The fraction of sp³-hybridized carbons (Fsp3) is 0.250. The van der Waals surface area contributed by atoms with E-state index in [0.717, 1.165) is 40.2 Å². The van der Waals surface area contributed by atoms with E-state index in [-0.39, 0.29) is 5.69 Å². The number of hydrogen-bond acceptors (Lipinski definition) is 6. The number of nitrogens with zero attached hydrogens (tertiary/aromatic N) is 5. The van der Waals surface area contributed by atoms with E-state index < -0.39 is 11.7 Å². The van der Waals surface area contributed by atoms with Crippen LogP contribution in [-0.2, 0) is 25.8 Å². The number of nitrogen functional groups attached to an aromatic ring is 1. The van der Waals surface area contributed by atoms with Gasteiger partial charge in [-0.05, 0) is 54.8 Å². The van der Waals surface area contributed by atoms with Gasteiger partial charge in [-0.2, -0.15) is 23.5 Å². The monoisotopic (exact) mass is 465 g/mol. The van der Waals surface area contributed by atoms with Crippen LogP contribution in [-0.4, -0.2) is 19.7 Å². The van der Waals surface area contributed by atoms with Crippen molar-refractivity contribution in [1.82, 2.24) is 25.1 Å². The lowest BCUT2D eigenvalue weighted by Gasteiger charge is -2.11. The summed E-state index contributed by atoms with van der Waals surface area (Å²) in [6.45, 7) is 5.15. The minimum absolute atomic E-state index is 0.290. The Kier molecular flexibility index (Phi) is 6.22. The van der Waals surface area contributed by atoms with Gasteiger partial charge in [-0.15, -0.1) is 0 Å². The van der Waals surface area contributed by atoms with Gasteiger partial charge in [0.05, 0.1) is 17.6 Å². The number of hydrogen-bond donors (Lipinski definition) is 2. The number of fused-ring (bicyclic) bond motifs is 1. The number of anilines is 1. The summed E-state index contributed by atoms with van der Waals surface area (Å²) in [5.41, 5.74) is 10.2. The summed E-state index contributed by atoms with van der Waals surface area (Å²) in [4.78, 5) is 8.19. The Morgan fingerprint density at radius 3 is 2.65 bits per heavy atom. The van der Waals surface area contributed by atoms with E-state index in [4.69, 9.17) is 5.73 Å². The van der Waals surface area contributed by atoms with Crippen molar-refractivity contribution in [3.63, 3.8) is 0 Å². The first kappa shape index (κ1) is 23.2. The largest absolute Gasteiger partial charge is 0.417 e. The number of halogens is 3. The average molecular weight is 465 g/mol. The van der Waals surface area contributed by atoms with Crippen LogP contribution in [0.25, 0.3) is 10.9 Å². The molecule has 0 atom stereocenters. The Morgan fingerprint density at radius 2 is 1.94 bits per heavy atom. The van der Waals surface area contributed by atoms with E-state index >= 15 is 0 Å². The van der Waals surface area contributed by atoms with Crippen molar-refractivity contribution in [2.24, 2.45) is 0 Å². The van der Waals surface area contributed by atoms with Crippen molar-refractivity contribution in [2.45, 2.75) is 39.7 Å². The van der Waals surface area contributed by atoms with Crippen molar-refractivity contribution in [3.05, 3.63) is 81.9 Å². The molecule has 0 amide bonds. The number of pyridine rings is 2. The standard InChI is InChI=1S/C24H22F3N7/c1-14-5-23(29)32-15(2)20(14)11-30-9-18-13-34(33-22(18)8-28)12-16-3-4-21-17(6-16)7-19(10-31-21)24(25,26)27/h3-7,10,13,30H,9,11-12H2,1-2H3,(H2,29,32).